The van der Waals surface area contributed by atoms with Crippen LogP contribution in [0.2, 0.25) is 0 Å². The summed E-state index contributed by atoms with van der Waals surface area (Å²) in [5.41, 5.74) is 2.69. The van der Waals surface area contributed by atoms with E-state index in [0.717, 1.165) is 11.8 Å². The Morgan fingerprint density at radius 1 is 1.07 bits per heavy atom. The van der Waals surface area contributed by atoms with Gasteiger partial charge in [0.05, 0.1) is 18.0 Å². The number of benzene rings is 2. The van der Waals surface area contributed by atoms with E-state index >= 15 is 0 Å². The molecule has 1 N–H and O–H groups in total. The van der Waals surface area contributed by atoms with Crippen molar-refractivity contribution in [1.29, 1.82) is 0 Å². The van der Waals surface area contributed by atoms with Crippen molar-refractivity contribution in [1.82, 2.24) is 5.32 Å². The van der Waals surface area contributed by atoms with Crippen molar-refractivity contribution in [3.05, 3.63) is 65.5 Å². The molecule has 0 radical (unpaired) electrons. The number of halogens is 1. The van der Waals surface area contributed by atoms with Crippen molar-refractivity contribution in [3.63, 3.8) is 0 Å². The third-order valence-corrected chi connectivity index (χ3v) is 6.13. The van der Waals surface area contributed by atoms with E-state index < -0.39 is 15.8 Å². The Labute approximate surface area is 179 Å². The number of sulfonamides is 1. The molecule has 0 aromatic heterocycles. The third-order valence-electron chi connectivity index (χ3n) is 4.93. The van der Waals surface area contributed by atoms with Crippen LogP contribution in [0, 0.1) is 5.82 Å². The summed E-state index contributed by atoms with van der Waals surface area (Å²) < 4.78 is 38.5. The Bertz CT molecular complexity index is 949. The lowest BCUT2D eigenvalue weighted by atomic mass is 9.86. The van der Waals surface area contributed by atoms with E-state index in [1.54, 1.807) is 0 Å². The minimum atomic E-state index is -3.53. The van der Waals surface area contributed by atoms with Gasteiger partial charge in [0.2, 0.25) is 15.9 Å². The van der Waals surface area contributed by atoms with Gasteiger partial charge < -0.3 is 5.32 Å². The zero-order chi connectivity index (χ0) is 22.5. The van der Waals surface area contributed by atoms with Crippen LogP contribution >= 0.6 is 0 Å². The highest BCUT2D eigenvalue weighted by molar-refractivity contribution is 7.92. The first-order chi connectivity index (χ1) is 13.9. The maximum absolute atomic E-state index is 13.1. The predicted octanol–water partition coefficient (Wildman–Crippen LogP) is 4.55. The molecule has 0 aliphatic rings. The smallest absolute Gasteiger partial charge is 0.232 e. The first-order valence-electron chi connectivity index (χ1n) is 10.0. The van der Waals surface area contributed by atoms with Gasteiger partial charge in [0.1, 0.15) is 5.82 Å². The SMILES string of the molecule is C[C@@H](NC(=O)CCCN(c1ccc(F)cc1)S(C)(=O)=O)c1ccc(C(C)(C)C)cc1. The van der Waals surface area contributed by atoms with Crippen molar-refractivity contribution < 1.29 is 17.6 Å². The number of hydrogen-bond acceptors (Lipinski definition) is 3. The molecule has 0 aliphatic carbocycles. The predicted molar refractivity (Wildman–Crippen MR) is 120 cm³/mol. The molecule has 2 rings (SSSR count). The van der Waals surface area contributed by atoms with Gasteiger partial charge in [0, 0.05) is 13.0 Å². The van der Waals surface area contributed by atoms with Crippen LogP contribution in [0.1, 0.15) is 57.7 Å². The second-order valence-electron chi connectivity index (χ2n) is 8.58. The Morgan fingerprint density at radius 3 is 2.13 bits per heavy atom. The highest BCUT2D eigenvalue weighted by Crippen LogP contribution is 2.24. The average Bonchev–Trinajstić information content (AvgIpc) is 2.64. The maximum atomic E-state index is 13.1. The summed E-state index contributed by atoms with van der Waals surface area (Å²) in [6, 6.07) is 13.3. The molecule has 1 amide bonds. The first-order valence-corrected chi connectivity index (χ1v) is 11.9. The fourth-order valence-electron chi connectivity index (χ4n) is 3.15. The molecule has 2 aromatic carbocycles. The zero-order valence-corrected chi connectivity index (χ0v) is 19.1. The van der Waals surface area contributed by atoms with Crippen molar-refractivity contribution in [2.45, 2.75) is 52.0 Å². The number of amides is 1. The summed E-state index contributed by atoms with van der Waals surface area (Å²) in [6.45, 7) is 8.52. The maximum Gasteiger partial charge on any atom is 0.232 e. The third kappa shape index (κ3) is 6.83. The van der Waals surface area contributed by atoms with Gasteiger partial charge in [-0.25, -0.2) is 12.8 Å². The van der Waals surface area contributed by atoms with Gasteiger partial charge in [-0.05, 0) is 54.2 Å². The van der Waals surface area contributed by atoms with E-state index in [4.69, 9.17) is 0 Å². The van der Waals surface area contributed by atoms with Crippen molar-refractivity contribution in [2.24, 2.45) is 0 Å². The average molecular weight is 435 g/mol. The Kier molecular flexibility index (Phi) is 7.64. The minimum Gasteiger partial charge on any atom is -0.350 e. The van der Waals surface area contributed by atoms with Gasteiger partial charge in [-0.3, -0.25) is 9.10 Å². The summed E-state index contributed by atoms with van der Waals surface area (Å²) in [6.07, 6.45) is 1.64. The molecule has 2 aromatic rings. The number of carbonyl (C=O) groups excluding carboxylic acids is 1. The Hall–Kier alpha value is -2.41. The van der Waals surface area contributed by atoms with Gasteiger partial charge in [0.25, 0.3) is 0 Å². The van der Waals surface area contributed by atoms with Gasteiger partial charge in [-0.2, -0.15) is 0 Å². The van der Waals surface area contributed by atoms with E-state index in [1.807, 2.05) is 19.1 Å². The highest BCUT2D eigenvalue weighted by Gasteiger charge is 2.18. The van der Waals surface area contributed by atoms with Gasteiger partial charge >= 0.3 is 0 Å². The molecule has 30 heavy (non-hydrogen) atoms. The molecule has 164 valence electrons. The molecule has 0 bridgehead atoms. The fraction of sp³-hybridized carbons (Fsp3) is 0.435. The number of hydrogen-bond donors (Lipinski definition) is 1. The van der Waals surface area contributed by atoms with Gasteiger partial charge in [0.15, 0.2) is 0 Å². The van der Waals surface area contributed by atoms with Crippen LogP contribution in [-0.4, -0.2) is 27.1 Å². The van der Waals surface area contributed by atoms with Gasteiger partial charge in [-0.15, -0.1) is 0 Å². The molecule has 0 aliphatic heterocycles. The number of rotatable bonds is 8. The van der Waals surface area contributed by atoms with E-state index in [-0.39, 0.29) is 30.3 Å². The largest absolute Gasteiger partial charge is 0.350 e. The fourth-order valence-corrected chi connectivity index (χ4v) is 4.11. The number of anilines is 1. The van der Waals surface area contributed by atoms with E-state index in [0.29, 0.717) is 12.1 Å². The van der Waals surface area contributed by atoms with Crippen molar-refractivity contribution in [2.75, 3.05) is 17.1 Å². The quantitative estimate of drug-likeness (QED) is 0.663. The molecule has 0 heterocycles. The number of nitrogens with one attached hydrogen (secondary N) is 1. The van der Waals surface area contributed by atoms with Crippen LogP contribution in [0.15, 0.2) is 48.5 Å². The molecule has 0 unspecified atom stereocenters. The lowest BCUT2D eigenvalue weighted by Crippen LogP contribution is -2.32. The molecule has 0 saturated heterocycles. The van der Waals surface area contributed by atoms with E-state index in [1.165, 1.54) is 34.1 Å². The van der Waals surface area contributed by atoms with E-state index in [2.05, 4.69) is 38.2 Å². The van der Waals surface area contributed by atoms with Crippen molar-refractivity contribution >= 4 is 21.6 Å². The standard InChI is InChI=1S/C23H31FN2O3S/c1-17(18-8-10-19(11-9-18)23(2,3)4)25-22(27)7-6-16-26(30(5,28)29)21-14-12-20(24)13-15-21/h8-15,17H,6-7,16H2,1-5H3,(H,25,27)/t17-/m1/s1. The Balaban J connectivity index is 1.92. The minimum absolute atomic E-state index is 0.0705. The molecule has 0 spiro atoms. The molecular formula is C23H31FN2O3S. The lowest BCUT2D eigenvalue weighted by molar-refractivity contribution is -0.121. The Morgan fingerprint density at radius 2 is 1.63 bits per heavy atom. The van der Waals surface area contributed by atoms with Crippen LogP contribution in [0.25, 0.3) is 0 Å². The molecule has 0 saturated carbocycles. The molecule has 5 nitrogen and oxygen atoms in total. The summed E-state index contributed by atoms with van der Waals surface area (Å²) in [4.78, 5) is 12.3. The zero-order valence-electron chi connectivity index (χ0n) is 18.3. The number of carbonyl (C=O) groups is 1. The topological polar surface area (TPSA) is 66.5 Å². The molecular weight excluding hydrogens is 403 g/mol. The van der Waals surface area contributed by atoms with Crippen molar-refractivity contribution in [3.8, 4) is 0 Å². The lowest BCUT2D eigenvalue weighted by Gasteiger charge is -2.23. The monoisotopic (exact) mass is 434 g/mol. The first kappa shape index (κ1) is 23.9. The summed E-state index contributed by atoms with van der Waals surface area (Å²) in [7, 11) is -3.53. The number of nitrogens with zero attached hydrogens (tertiary/aromatic N) is 1. The van der Waals surface area contributed by atoms with Crippen LogP contribution in [0.3, 0.4) is 0 Å². The second-order valence-corrected chi connectivity index (χ2v) is 10.5. The summed E-state index contributed by atoms with van der Waals surface area (Å²) in [5.74, 6) is -0.578. The molecule has 1 atom stereocenters. The van der Waals surface area contributed by atoms with E-state index in [9.17, 15) is 17.6 Å². The highest BCUT2D eigenvalue weighted by atomic mass is 32.2. The van der Waals surface area contributed by atoms with Crippen LogP contribution in [0.4, 0.5) is 10.1 Å². The summed E-state index contributed by atoms with van der Waals surface area (Å²) in [5, 5.41) is 2.96. The van der Waals surface area contributed by atoms with Crippen LogP contribution in [-0.2, 0) is 20.2 Å². The van der Waals surface area contributed by atoms with Gasteiger partial charge in [-0.1, -0.05) is 45.0 Å². The molecule has 7 heteroatoms. The second kappa shape index (κ2) is 9.60. The normalized spacial score (nSPS) is 13.0. The van der Waals surface area contributed by atoms with Crippen LogP contribution < -0.4 is 9.62 Å². The van der Waals surface area contributed by atoms with Crippen LogP contribution in [0.5, 0.6) is 0 Å². The molecule has 0 fully saturated rings. The summed E-state index contributed by atoms with van der Waals surface area (Å²) >= 11 is 0.